The Morgan fingerprint density at radius 1 is 0.893 bits per heavy atom. The molecule has 0 aromatic heterocycles. The zero-order chi connectivity index (χ0) is 21.3. The Kier molecular flexibility index (Phi) is 6.07. The molecule has 156 valence electrons. The van der Waals surface area contributed by atoms with Gasteiger partial charge in [-0.25, -0.2) is 0 Å². The van der Waals surface area contributed by atoms with Crippen LogP contribution in [0, 0.1) is 5.92 Å². The number of allylic oxidation sites excluding steroid dienone is 3. The van der Waals surface area contributed by atoms with Crippen molar-refractivity contribution in [2.24, 2.45) is 5.92 Å². The van der Waals surface area contributed by atoms with Crippen molar-refractivity contribution in [3.8, 4) is 5.75 Å². The number of rotatable bonds is 4. The fourth-order valence-corrected chi connectivity index (χ4v) is 2.60. The maximum absolute atomic E-state index is 12.9. The van der Waals surface area contributed by atoms with Gasteiger partial charge >= 0.3 is 18.5 Å². The predicted molar refractivity (Wildman–Crippen MR) is 79.3 cm³/mol. The van der Waals surface area contributed by atoms with Gasteiger partial charge in [-0.15, -0.1) is 0 Å². The van der Waals surface area contributed by atoms with Gasteiger partial charge in [0, 0.05) is 11.5 Å². The quantitative estimate of drug-likeness (QED) is 0.650. The number of benzene rings is 1. The van der Waals surface area contributed by atoms with Crippen LogP contribution in [0.15, 0.2) is 42.0 Å². The third kappa shape index (κ3) is 5.43. The molecule has 1 N–H and O–H groups in total. The molecule has 2 rings (SSSR count). The molecular formula is C17H13F9O2. The average molecular weight is 420 g/mol. The summed E-state index contributed by atoms with van der Waals surface area (Å²) in [5, 5.41) is 9.38. The Hall–Kier alpha value is -2.17. The summed E-state index contributed by atoms with van der Waals surface area (Å²) in [6, 6.07) is 0.488. The van der Waals surface area contributed by atoms with Crippen LogP contribution < -0.4 is 4.74 Å². The SMILES string of the molecule is OCC(Oc1cc(C(F)(F)F)cc(C(F)(F)F)c1)C1C=CC=C(C(F)(F)F)C1. The lowest BCUT2D eigenvalue weighted by atomic mass is 9.89. The van der Waals surface area contributed by atoms with E-state index in [1.54, 1.807) is 0 Å². The first-order valence-corrected chi connectivity index (χ1v) is 7.73. The molecule has 2 unspecified atom stereocenters. The minimum Gasteiger partial charge on any atom is -0.487 e. The zero-order valence-electron chi connectivity index (χ0n) is 13.8. The lowest BCUT2D eigenvalue weighted by Gasteiger charge is -2.28. The van der Waals surface area contributed by atoms with E-state index in [9.17, 15) is 44.6 Å². The van der Waals surface area contributed by atoms with Crippen LogP contribution in [0.25, 0.3) is 0 Å². The standard InChI is InChI=1S/C17H13F9O2/c18-15(19,20)10-3-1-2-9(4-10)14(8-27)28-13-6-11(16(21,22)23)5-12(7-13)17(24,25)26/h1-3,5-7,9,14,27H,4,8H2. The number of halogens is 9. The highest BCUT2D eigenvalue weighted by atomic mass is 19.4. The highest BCUT2D eigenvalue weighted by molar-refractivity contribution is 5.38. The normalized spacial score (nSPS) is 19.4. The van der Waals surface area contributed by atoms with Gasteiger partial charge in [0.15, 0.2) is 0 Å². The second-order valence-electron chi connectivity index (χ2n) is 6.02. The molecule has 0 spiro atoms. The van der Waals surface area contributed by atoms with Crippen molar-refractivity contribution >= 4 is 0 Å². The molecule has 2 nitrogen and oxygen atoms in total. The second kappa shape index (κ2) is 7.69. The number of alkyl halides is 9. The Labute approximate surface area is 152 Å². The van der Waals surface area contributed by atoms with Crippen molar-refractivity contribution in [3.63, 3.8) is 0 Å². The Bertz CT molecular complexity index is 725. The highest BCUT2D eigenvalue weighted by Crippen LogP contribution is 2.39. The topological polar surface area (TPSA) is 29.5 Å². The van der Waals surface area contributed by atoms with E-state index < -0.39 is 66.0 Å². The van der Waals surface area contributed by atoms with E-state index in [-0.39, 0.29) is 6.07 Å². The summed E-state index contributed by atoms with van der Waals surface area (Å²) < 4.78 is 121. The van der Waals surface area contributed by atoms with Gasteiger partial charge in [0.05, 0.1) is 17.7 Å². The van der Waals surface area contributed by atoms with Crippen LogP contribution in [-0.4, -0.2) is 24.0 Å². The summed E-state index contributed by atoms with van der Waals surface area (Å²) in [4.78, 5) is 0. The minimum atomic E-state index is -5.11. The van der Waals surface area contributed by atoms with Gasteiger partial charge in [-0.1, -0.05) is 18.2 Å². The second-order valence-corrected chi connectivity index (χ2v) is 6.02. The van der Waals surface area contributed by atoms with Gasteiger partial charge in [-0.05, 0) is 24.6 Å². The van der Waals surface area contributed by atoms with Gasteiger partial charge in [-0.2, -0.15) is 39.5 Å². The van der Waals surface area contributed by atoms with Crippen molar-refractivity contribution in [3.05, 3.63) is 53.1 Å². The van der Waals surface area contributed by atoms with Crippen molar-refractivity contribution in [1.29, 1.82) is 0 Å². The smallest absolute Gasteiger partial charge is 0.416 e. The fourth-order valence-electron chi connectivity index (χ4n) is 2.60. The first-order valence-electron chi connectivity index (χ1n) is 7.73. The number of hydrogen-bond acceptors (Lipinski definition) is 2. The van der Waals surface area contributed by atoms with Crippen LogP contribution >= 0.6 is 0 Å². The van der Waals surface area contributed by atoms with Gasteiger partial charge < -0.3 is 9.84 Å². The van der Waals surface area contributed by atoms with Gasteiger partial charge in [0.25, 0.3) is 0 Å². The Balaban J connectivity index is 2.32. The van der Waals surface area contributed by atoms with E-state index in [4.69, 9.17) is 4.74 Å². The zero-order valence-corrected chi connectivity index (χ0v) is 13.8. The molecule has 28 heavy (non-hydrogen) atoms. The van der Waals surface area contributed by atoms with Crippen LogP contribution in [0.5, 0.6) is 5.75 Å². The summed E-state index contributed by atoms with van der Waals surface area (Å²) in [5.74, 6) is -1.96. The van der Waals surface area contributed by atoms with E-state index >= 15 is 0 Å². The Morgan fingerprint density at radius 3 is 1.86 bits per heavy atom. The maximum atomic E-state index is 12.9. The molecule has 1 aliphatic carbocycles. The molecular weight excluding hydrogens is 407 g/mol. The van der Waals surface area contributed by atoms with Crippen molar-refractivity contribution < 1.29 is 49.4 Å². The lowest BCUT2D eigenvalue weighted by Crippen LogP contribution is -2.32. The Morgan fingerprint density at radius 2 is 1.43 bits per heavy atom. The summed E-state index contributed by atoms with van der Waals surface area (Å²) >= 11 is 0. The van der Waals surface area contributed by atoms with Crippen LogP contribution in [-0.2, 0) is 12.4 Å². The third-order valence-corrected chi connectivity index (χ3v) is 3.98. The molecule has 0 bridgehead atoms. The highest BCUT2D eigenvalue weighted by Gasteiger charge is 2.39. The molecule has 0 fully saturated rings. The molecule has 1 aromatic carbocycles. The number of aliphatic hydroxyl groups is 1. The molecule has 0 radical (unpaired) electrons. The molecule has 0 saturated heterocycles. The molecule has 1 aromatic rings. The minimum absolute atomic E-state index is 0.105. The van der Waals surface area contributed by atoms with Crippen molar-refractivity contribution in [2.75, 3.05) is 6.61 Å². The first kappa shape index (κ1) is 22.1. The molecule has 11 heteroatoms. The van der Waals surface area contributed by atoms with Crippen LogP contribution in [0.3, 0.4) is 0 Å². The monoisotopic (exact) mass is 420 g/mol. The van der Waals surface area contributed by atoms with Crippen LogP contribution in [0.2, 0.25) is 0 Å². The predicted octanol–water partition coefficient (Wildman–Crippen LogP) is 5.53. The summed E-state index contributed by atoms with van der Waals surface area (Å²) in [6.45, 7) is -0.919. The van der Waals surface area contributed by atoms with E-state index in [0.29, 0.717) is 12.1 Å². The van der Waals surface area contributed by atoms with Crippen LogP contribution in [0.4, 0.5) is 39.5 Å². The van der Waals surface area contributed by atoms with Crippen LogP contribution in [0.1, 0.15) is 17.5 Å². The average Bonchev–Trinajstić information content (AvgIpc) is 2.57. The van der Waals surface area contributed by atoms with Gasteiger partial charge in [0.1, 0.15) is 11.9 Å². The first-order chi connectivity index (χ1) is 12.7. The van der Waals surface area contributed by atoms with E-state index in [2.05, 4.69) is 0 Å². The summed E-state index contributed by atoms with van der Waals surface area (Å²) in [5.41, 5.74) is -4.23. The third-order valence-electron chi connectivity index (χ3n) is 3.98. The molecule has 0 saturated carbocycles. The molecule has 0 amide bonds. The number of hydrogen-bond donors (Lipinski definition) is 1. The van der Waals surface area contributed by atoms with Crippen molar-refractivity contribution in [1.82, 2.24) is 0 Å². The van der Waals surface area contributed by atoms with Crippen molar-refractivity contribution in [2.45, 2.75) is 31.1 Å². The molecule has 0 heterocycles. The van der Waals surface area contributed by atoms with E-state index in [1.807, 2.05) is 0 Å². The lowest BCUT2D eigenvalue weighted by molar-refractivity contribution is -0.143. The molecule has 0 aliphatic heterocycles. The van der Waals surface area contributed by atoms with E-state index in [0.717, 1.165) is 12.2 Å². The molecule has 2 atom stereocenters. The van der Waals surface area contributed by atoms with Gasteiger partial charge in [-0.3, -0.25) is 0 Å². The maximum Gasteiger partial charge on any atom is 0.416 e. The number of aliphatic hydroxyl groups excluding tert-OH is 1. The summed E-state index contributed by atoms with van der Waals surface area (Å²) in [7, 11) is 0. The number of ether oxygens (including phenoxy) is 1. The fraction of sp³-hybridized carbons (Fsp3) is 0.412. The van der Waals surface area contributed by atoms with Gasteiger partial charge in [0.2, 0.25) is 0 Å². The van der Waals surface area contributed by atoms with E-state index in [1.165, 1.54) is 6.08 Å². The largest absolute Gasteiger partial charge is 0.487 e. The summed E-state index contributed by atoms with van der Waals surface area (Å²) in [6.07, 6.45) is -13.9. The molecule has 1 aliphatic rings.